The molecule has 0 spiro atoms. The molecule has 0 aliphatic heterocycles. The smallest absolute Gasteiger partial charge is 0.256 e. The van der Waals surface area contributed by atoms with Gasteiger partial charge in [-0.1, -0.05) is 30.3 Å². The first kappa shape index (κ1) is 16.7. The summed E-state index contributed by atoms with van der Waals surface area (Å²) in [5, 5.41) is 2.86. The predicted octanol–water partition coefficient (Wildman–Crippen LogP) is 5.40. The minimum absolute atomic E-state index is 0.252. The van der Waals surface area contributed by atoms with Gasteiger partial charge in [0.25, 0.3) is 5.91 Å². The van der Waals surface area contributed by atoms with Gasteiger partial charge in [0.05, 0.1) is 11.8 Å². The Morgan fingerprint density at radius 3 is 2.37 bits per heavy atom. The Labute approximate surface area is 155 Å². The lowest BCUT2D eigenvalue weighted by Crippen LogP contribution is -2.13. The molecule has 1 amide bonds. The number of rotatable bonds is 4. The minimum atomic E-state index is -0.318. The van der Waals surface area contributed by atoms with E-state index in [0.717, 1.165) is 0 Å². The lowest BCUT2D eigenvalue weighted by atomic mass is 10.1. The molecule has 1 heterocycles. The maximum atomic E-state index is 13.1. The molecule has 27 heavy (non-hydrogen) atoms. The first-order valence-electron chi connectivity index (χ1n) is 8.38. The fraction of sp³-hybridized carbons (Fsp3) is 0. The van der Waals surface area contributed by atoms with E-state index in [9.17, 15) is 9.18 Å². The van der Waals surface area contributed by atoms with Gasteiger partial charge < -0.3 is 9.73 Å². The Kier molecular flexibility index (Phi) is 4.49. The van der Waals surface area contributed by atoms with Crippen LogP contribution in [0.3, 0.4) is 0 Å². The summed E-state index contributed by atoms with van der Waals surface area (Å²) in [6, 6.07) is 22.3. The van der Waals surface area contributed by atoms with Crippen LogP contribution in [0.4, 0.5) is 10.1 Å². The number of para-hydroxylation sites is 1. The van der Waals surface area contributed by atoms with E-state index in [2.05, 4.69) is 10.3 Å². The lowest BCUT2D eigenvalue weighted by molar-refractivity contribution is 0.102. The fourth-order valence-electron chi connectivity index (χ4n) is 2.73. The van der Waals surface area contributed by atoms with Gasteiger partial charge in [-0.05, 0) is 48.5 Å². The zero-order chi connectivity index (χ0) is 18.6. The third-order valence-electron chi connectivity index (χ3n) is 4.07. The molecular weight excluding hydrogens is 343 g/mol. The van der Waals surface area contributed by atoms with Crippen LogP contribution in [-0.4, -0.2) is 10.9 Å². The fourth-order valence-corrected chi connectivity index (χ4v) is 2.73. The van der Waals surface area contributed by atoms with Crippen LogP contribution in [0.1, 0.15) is 10.4 Å². The molecule has 5 heteroatoms. The Morgan fingerprint density at radius 2 is 1.59 bits per heavy atom. The SMILES string of the molecule is O=C(Nc1ccccc1)c1ccccc1-c1ncc(-c2ccc(F)cc2)o1. The maximum Gasteiger partial charge on any atom is 0.256 e. The van der Waals surface area contributed by atoms with Crippen molar-refractivity contribution in [3.8, 4) is 22.8 Å². The van der Waals surface area contributed by atoms with Gasteiger partial charge in [0.2, 0.25) is 5.89 Å². The van der Waals surface area contributed by atoms with Gasteiger partial charge in [0.1, 0.15) is 5.82 Å². The molecule has 0 aliphatic carbocycles. The largest absolute Gasteiger partial charge is 0.436 e. The van der Waals surface area contributed by atoms with Gasteiger partial charge in [0, 0.05) is 16.8 Å². The van der Waals surface area contributed by atoms with Gasteiger partial charge >= 0.3 is 0 Å². The van der Waals surface area contributed by atoms with Crippen molar-refractivity contribution in [2.24, 2.45) is 0 Å². The number of carbonyl (C=O) groups excluding carboxylic acids is 1. The van der Waals surface area contributed by atoms with E-state index in [1.807, 2.05) is 36.4 Å². The average molecular weight is 358 g/mol. The van der Waals surface area contributed by atoms with Crippen LogP contribution in [-0.2, 0) is 0 Å². The van der Waals surface area contributed by atoms with Crippen molar-refractivity contribution < 1.29 is 13.6 Å². The van der Waals surface area contributed by atoms with Crippen LogP contribution in [0.2, 0.25) is 0 Å². The Hall–Kier alpha value is -3.73. The summed E-state index contributed by atoms with van der Waals surface area (Å²) in [6.45, 7) is 0. The monoisotopic (exact) mass is 358 g/mol. The van der Waals surface area contributed by atoms with Crippen molar-refractivity contribution in [2.75, 3.05) is 5.32 Å². The van der Waals surface area contributed by atoms with Crippen LogP contribution in [0.25, 0.3) is 22.8 Å². The standard InChI is InChI=1S/C22H15FN2O2/c23-16-12-10-15(11-13-16)20-14-24-22(27-20)19-9-5-4-8-18(19)21(26)25-17-6-2-1-3-7-17/h1-14H,(H,25,26). The summed E-state index contributed by atoms with van der Waals surface area (Å²) in [4.78, 5) is 17.0. The zero-order valence-corrected chi connectivity index (χ0v) is 14.2. The summed E-state index contributed by atoms with van der Waals surface area (Å²) in [5.41, 5.74) is 2.45. The molecule has 4 nitrogen and oxygen atoms in total. The number of amides is 1. The van der Waals surface area contributed by atoms with Gasteiger partial charge in [-0.3, -0.25) is 4.79 Å². The van der Waals surface area contributed by atoms with Crippen LogP contribution >= 0.6 is 0 Å². The van der Waals surface area contributed by atoms with E-state index in [1.165, 1.54) is 12.1 Å². The molecule has 0 saturated carbocycles. The number of nitrogens with zero attached hydrogens (tertiary/aromatic N) is 1. The molecule has 0 saturated heterocycles. The summed E-state index contributed by atoms with van der Waals surface area (Å²) < 4.78 is 18.9. The van der Waals surface area contributed by atoms with Crippen molar-refractivity contribution in [1.82, 2.24) is 4.98 Å². The molecule has 4 aromatic rings. The van der Waals surface area contributed by atoms with Gasteiger partial charge in [-0.2, -0.15) is 0 Å². The normalized spacial score (nSPS) is 10.6. The highest BCUT2D eigenvalue weighted by molar-refractivity contribution is 6.08. The quantitative estimate of drug-likeness (QED) is 0.531. The van der Waals surface area contributed by atoms with Crippen LogP contribution in [0, 0.1) is 5.82 Å². The molecule has 4 rings (SSSR count). The van der Waals surface area contributed by atoms with Crippen molar-refractivity contribution in [2.45, 2.75) is 0 Å². The number of anilines is 1. The molecule has 3 aromatic carbocycles. The maximum absolute atomic E-state index is 13.1. The second-order valence-electron chi connectivity index (χ2n) is 5.90. The van der Waals surface area contributed by atoms with E-state index < -0.39 is 0 Å². The Balaban J connectivity index is 1.65. The molecule has 1 aromatic heterocycles. The topological polar surface area (TPSA) is 55.1 Å². The first-order chi connectivity index (χ1) is 13.2. The zero-order valence-electron chi connectivity index (χ0n) is 14.2. The summed E-state index contributed by atoms with van der Waals surface area (Å²) in [7, 11) is 0. The van der Waals surface area contributed by atoms with Gasteiger partial charge in [0.15, 0.2) is 5.76 Å². The molecule has 0 aliphatic rings. The lowest BCUT2D eigenvalue weighted by Gasteiger charge is -2.08. The number of benzene rings is 3. The summed E-state index contributed by atoms with van der Waals surface area (Å²) in [5.74, 6) is 0.260. The third kappa shape index (κ3) is 3.62. The molecule has 0 atom stereocenters. The molecule has 0 unspecified atom stereocenters. The first-order valence-corrected chi connectivity index (χ1v) is 8.38. The van der Waals surface area contributed by atoms with Gasteiger partial charge in [-0.15, -0.1) is 0 Å². The van der Waals surface area contributed by atoms with Crippen molar-refractivity contribution in [3.05, 3.63) is 96.4 Å². The second-order valence-corrected chi connectivity index (χ2v) is 5.90. The average Bonchev–Trinajstić information content (AvgIpc) is 3.19. The number of nitrogens with one attached hydrogen (secondary N) is 1. The predicted molar refractivity (Wildman–Crippen MR) is 102 cm³/mol. The molecular formula is C22H15FN2O2. The highest BCUT2D eigenvalue weighted by Crippen LogP contribution is 2.28. The second kappa shape index (κ2) is 7.25. The molecule has 0 fully saturated rings. The highest BCUT2D eigenvalue weighted by Gasteiger charge is 2.17. The molecule has 1 N–H and O–H groups in total. The number of halogens is 1. The number of hydrogen-bond acceptors (Lipinski definition) is 3. The highest BCUT2D eigenvalue weighted by atomic mass is 19.1. The van der Waals surface area contributed by atoms with Crippen LogP contribution < -0.4 is 5.32 Å². The minimum Gasteiger partial charge on any atom is -0.436 e. The van der Waals surface area contributed by atoms with Crippen molar-refractivity contribution in [1.29, 1.82) is 0 Å². The Morgan fingerprint density at radius 1 is 0.889 bits per heavy atom. The number of hydrogen-bond donors (Lipinski definition) is 1. The third-order valence-corrected chi connectivity index (χ3v) is 4.07. The molecule has 0 radical (unpaired) electrons. The summed E-state index contributed by atoms with van der Waals surface area (Å²) >= 11 is 0. The van der Waals surface area contributed by atoms with E-state index in [-0.39, 0.29) is 11.7 Å². The number of aromatic nitrogens is 1. The molecule has 132 valence electrons. The van der Waals surface area contributed by atoms with E-state index in [1.54, 1.807) is 36.5 Å². The van der Waals surface area contributed by atoms with Gasteiger partial charge in [-0.25, -0.2) is 9.37 Å². The summed E-state index contributed by atoms with van der Waals surface area (Å²) in [6.07, 6.45) is 1.56. The van der Waals surface area contributed by atoms with E-state index in [0.29, 0.717) is 34.0 Å². The number of oxazole rings is 1. The van der Waals surface area contributed by atoms with E-state index >= 15 is 0 Å². The van der Waals surface area contributed by atoms with Crippen LogP contribution in [0.5, 0.6) is 0 Å². The van der Waals surface area contributed by atoms with Crippen molar-refractivity contribution >= 4 is 11.6 Å². The number of carbonyl (C=O) groups is 1. The van der Waals surface area contributed by atoms with E-state index in [4.69, 9.17) is 4.42 Å². The van der Waals surface area contributed by atoms with Crippen LogP contribution in [0.15, 0.2) is 89.5 Å². The van der Waals surface area contributed by atoms with Crippen molar-refractivity contribution in [3.63, 3.8) is 0 Å². The molecule has 0 bridgehead atoms. The Bertz CT molecular complexity index is 1070.